The molecule has 5 heteroatoms. The van der Waals surface area contributed by atoms with Crippen LogP contribution in [0, 0.1) is 5.41 Å². The average Bonchev–Trinajstić information content (AvgIpc) is 2.37. The number of rotatable bonds is 10. The summed E-state index contributed by atoms with van der Waals surface area (Å²) in [4.78, 5) is 23.2. The van der Waals surface area contributed by atoms with Crippen LogP contribution in [0.4, 0.5) is 0 Å². The fraction of sp³-hybridized carbons (Fsp3) is 0.875. The van der Waals surface area contributed by atoms with E-state index in [0.717, 1.165) is 12.8 Å². The van der Waals surface area contributed by atoms with Gasteiger partial charge < -0.3 is 14.2 Å². The number of hydrogen-bond acceptors (Lipinski definition) is 5. The van der Waals surface area contributed by atoms with Crippen molar-refractivity contribution in [1.29, 1.82) is 0 Å². The highest BCUT2D eigenvalue weighted by atomic mass is 16.5. The molecule has 0 aromatic carbocycles. The van der Waals surface area contributed by atoms with E-state index in [1.54, 1.807) is 0 Å². The molecule has 0 atom stereocenters. The Hall–Kier alpha value is -1.10. The van der Waals surface area contributed by atoms with Crippen molar-refractivity contribution in [2.75, 3.05) is 20.3 Å². The van der Waals surface area contributed by atoms with Crippen LogP contribution in [0.15, 0.2) is 0 Å². The Morgan fingerprint density at radius 3 is 2.19 bits per heavy atom. The van der Waals surface area contributed by atoms with E-state index in [2.05, 4.69) is 11.7 Å². The molecule has 0 aliphatic rings. The molecule has 0 N–H and O–H groups in total. The van der Waals surface area contributed by atoms with Crippen LogP contribution in [0.1, 0.15) is 60.3 Å². The molecule has 0 rings (SSSR count). The zero-order valence-corrected chi connectivity index (χ0v) is 14.3. The number of methoxy groups -OCH3 is 1. The third-order valence-electron chi connectivity index (χ3n) is 3.30. The maximum Gasteiger partial charge on any atom is 0.311 e. The molecule has 0 saturated carbocycles. The van der Waals surface area contributed by atoms with Crippen molar-refractivity contribution in [3.63, 3.8) is 0 Å². The van der Waals surface area contributed by atoms with Crippen molar-refractivity contribution < 1.29 is 23.8 Å². The van der Waals surface area contributed by atoms with E-state index < -0.39 is 11.0 Å². The second-order valence-electron chi connectivity index (χ2n) is 6.48. The quantitative estimate of drug-likeness (QED) is 0.458. The summed E-state index contributed by atoms with van der Waals surface area (Å²) in [5.74, 6) is -0.511. The van der Waals surface area contributed by atoms with Gasteiger partial charge in [-0.1, -0.05) is 13.3 Å². The molecule has 0 spiro atoms. The number of hydrogen-bond donors (Lipinski definition) is 0. The van der Waals surface area contributed by atoms with Gasteiger partial charge in [0.05, 0.1) is 31.2 Å². The first-order valence-electron chi connectivity index (χ1n) is 7.52. The van der Waals surface area contributed by atoms with Crippen molar-refractivity contribution >= 4 is 11.9 Å². The zero-order valence-electron chi connectivity index (χ0n) is 14.3. The summed E-state index contributed by atoms with van der Waals surface area (Å²) in [6.45, 7) is 10.3. The van der Waals surface area contributed by atoms with Crippen molar-refractivity contribution in [1.82, 2.24) is 0 Å². The lowest BCUT2D eigenvalue weighted by atomic mass is 9.90. The zero-order chi connectivity index (χ0) is 16.5. The van der Waals surface area contributed by atoms with Gasteiger partial charge in [-0.05, 0) is 40.5 Å². The average molecular weight is 302 g/mol. The number of unbranched alkanes of at least 4 members (excludes halogenated alkanes) is 1. The Morgan fingerprint density at radius 2 is 1.67 bits per heavy atom. The summed E-state index contributed by atoms with van der Waals surface area (Å²) < 4.78 is 15.6. The number of esters is 2. The normalized spacial score (nSPS) is 12.1. The minimum absolute atomic E-state index is 0.185. The second kappa shape index (κ2) is 9.03. The Morgan fingerprint density at radius 1 is 1.05 bits per heavy atom. The third-order valence-corrected chi connectivity index (χ3v) is 3.30. The Balaban J connectivity index is 4.18. The van der Waals surface area contributed by atoms with Crippen molar-refractivity contribution in [2.45, 2.75) is 65.9 Å². The molecule has 5 nitrogen and oxygen atoms in total. The highest BCUT2D eigenvalue weighted by Crippen LogP contribution is 2.24. The van der Waals surface area contributed by atoms with Crippen molar-refractivity contribution in [3.8, 4) is 0 Å². The summed E-state index contributed by atoms with van der Waals surface area (Å²) >= 11 is 0. The lowest BCUT2D eigenvalue weighted by molar-refractivity contribution is -0.157. The van der Waals surface area contributed by atoms with Gasteiger partial charge in [0, 0.05) is 6.61 Å². The van der Waals surface area contributed by atoms with Crippen LogP contribution < -0.4 is 0 Å². The molecule has 0 amide bonds. The van der Waals surface area contributed by atoms with E-state index in [1.165, 1.54) is 7.11 Å². The molecule has 0 radical (unpaired) electrons. The van der Waals surface area contributed by atoms with E-state index >= 15 is 0 Å². The largest absolute Gasteiger partial charge is 0.469 e. The van der Waals surface area contributed by atoms with E-state index in [0.29, 0.717) is 19.6 Å². The van der Waals surface area contributed by atoms with Gasteiger partial charge in [0.2, 0.25) is 0 Å². The fourth-order valence-corrected chi connectivity index (χ4v) is 1.66. The number of ether oxygens (including phenoxy) is 3. The predicted molar refractivity (Wildman–Crippen MR) is 80.9 cm³/mol. The summed E-state index contributed by atoms with van der Waals surface area (Å²) in [5, 5.41) is 0. The maximum absolute atomic E-state index is 12.0. The van der Waals surface area contributed by atoms with Gasteiger partial charge in [0.1, 0.15) is 0 Å². The Bertz CT molecular complexity index is 334. The molecular weight excluding hydrogens is 272 g/mol. The van der Waals surface area contributed by atoms with Crippen LogP contribution in [0.25, 0.3) is 0 Å². The van der Waals surface area contributed by atoms with Crippen molar-refractivity contribution in [2.24, 2.45) is 5.41 Å². The molecule has 0 aliphatic heterocycles. The van der Waals surface area contributed by atoms with Gasteiger partial charge in [-0.25, -0.2) is 0 Å². The van der Waals surface area contributed by atoms with Crippen LogP contribution in [0.2, 0.25) is 0 Å². The lowest BCUT2D eigenvalue weighted by Gasteiger charge is -2.27. The number of carbonyl (C=O) groups excluding carboxylic acids is 2. The molecule has 0 saturated heterocycles. The van der Waals surface area contributed by atoms with Crippen LogP contribution >= 0.6 is 0 Å². The van der Waals surface area contributed by atoms with E-state index in [1.807, 2.05) is 27.7 Å². The van der Waals surface area contributed by atoms with Crippen LogP contribution in [-0.2, 0) is 23.8 Å². The van der Waals surface area contributed by atoms with Crippen LogP contribution in [0.5, 0.6) is 0 Å². The predicted octanol–water partition coefficient (Wildman–Crippen LogP) is 3.10. The Kier molecular flexibility index (Phi) is 8.55. The molecule has 21 heavy (non-hydrogen) atoms. The molecule has 0 aromatic heterocycles. The minimum atomic E-state index is -0.602. The van der Waals surface area contributed by atoms with Gasteiger partial charge >= 0.3 is 11.9 Å². The number of carbonyl (C=O) groups is 2. The molecule has 0 unspecified atom stereocenters. The van der Waals surface area contributed by atoms with Gasteiger partial charge in [-0.2, -0.15) is 0 Å². The first kappa shape index (κ1) is 19.9. The first-order valence-corrected chi connectivity index (χ1v) is 7.52. The van der Waals surface area contributed by atoms with Gasteiger partial charge in [-0.3, -0.25) is 9.59 Å². The molecule has 0 aromatic rings. The standard InChI is InChI=1S/C16H30O5/c1-7-8-10-20-14(18)15(2,3)9-11-21-16(4,5)12-13(17)19-6/h7-12H2,1-6H3. The smallest absolute Gasteiger partial charge is 0.311 e. The fourth-order valence-electron chi connectivity index (χ4n) is 1.66. The summed E-state index contributed by atoms with van der Waals surface area (Å²) in [7, 11) is 1.35. The minimum Gasteiger partial charge on any atom is -0.469 e. The maximum atomic E-state index is 12.0. The first-order chi connectivity index (χ1) is 9.64. The lowest BCUT2D eigenvalue weighted by Crippen LogP contribution is -2.33. The summed E-state index contributed by atoms with van der Waals surface area (Å²) in [5.41, 5.74) is -1.19. The molecule has 0 heterocycles. The monoisotopic (exact) mass is 302 g/mol. The van der Waals surface area contributed by atoms with Gasteiger partial charge in [-0.15, -0.1) is 0 Å². The van der Waals surface area contributed by atoms with Gasteiger partial charge in [0.15, 0.2) is 0 Å². The molecule has 124 valence electrons. The highest BCUT2D eigenvalue weighted by molar-refractivity contribution is 5.75. The topological polar surface area (TPSA) is 61.8 Å². The molecular formula is C16H30O5. The van der Waals surface area contributed by atoms with E-state index in [9.17, 15) is 9.59 Å². The Labute approximate surface area is 128 Å². The second-order valence-corrected chi connectivity index (χ2v) is 6.48. The van der Waals surface area contributed by atoms with Crippen LogP contribution in [0.3, 0.4) is 0 Å². The van der Waals surface area contributed by atoms with Gasteiger partial charge in [0.25, 0.3) is 0 Å². The van der Waals surface area contributed by atoms with Crippen molar-refractivity contribution in [3.05, 3.63) is 0 Å². The summed E-state index contributed by atoms with van der Waals surface area (Å²) in [6.07, 6.45) is 2.61. The van der Waals surface area contributed by atoms with E-state index in [4.69, 9.17) is 9.47 Å². The molecule has 0 bridgehead atoms. The third kappa shape index (κ3) is 8.71. The van der Waals surface area contributed by atoms with E-state index in [-0.39, 0.29) is 18.4 Å². The van der Waals surface area contributed by atoms with Crippen LogP contribution in [-0.4, -0.2) is 37.9 Å². The molecule has 0 fully saturated rings. The SMILES string of the molecule is CCCCOC(=O)C(C)(C)CCOC(C)(C)CC(=O)OC. The summed E-state index contributed by atoms with van der Waals surface area (Å²) in [6, 6.07) is 0. The molecule has 0 aliphatic carbocycles. The highest BCUT2D eigenvalue weighted by Gasteiger charge is 2.31.